The van der Waals surface area contributed by atoms with Crippen molar-refractivity contribution in [1.29, 1.82) is 0 Å². The minimum absolute atomic E-state index is 0.0166. The lowest BCUT2D eigenvalue weighted by molar-refractivity contribution is 0.1000. The van der Waals surface area contributed by atoms with Crippen molar-refractivity contribution in [3.63, 3.8) is 0 Å². The first kappa shape index (κ1) is 12.4. The summed E-state index contributed by atoms with van der Waals surface area (Å²) in [6, 6.07) is 3.27. The number of primary amides is 1. The van der Waals surface area contributed by atoms with Gasteiger partial charge >= 0.3 is 0 Å². The third kappa shape index (κ3) is 2.93. The topological polar surface area (TPSA) is 88.2 Å². The highest BCUT2D eigenvalue weighted by Crippen LogP contribution is 2.16. The average Bonchev–Trinajstić information content (AvgIpc) is 2.29. The summed E-state index contributed by atoms with van der Waals surface area (Å²) in [4.78, 5) is 14.9. The Morgan fingerprint density at radius 1 is 1.62 bits per heavy atom. The van der Waals surface area contributed by atoms with Crippen LogP contribution in [-0.4, -0.2) is 28.1 Å². The van der Waals surface area contributed by atoms with E-state index < -0.39 is 11.4 Å². The Balaban J connectivity index is 2.79. The van der Waals surface area contributed by atoms with Crippen LogP contribution in [0.5, 0.6) is 0 Å². The van der Waals surface area contributed by atoms with Gasteiger partial charge in [-0.2, -0.15) is 0 Å². The second kappa shape index (κ2) is 4.94. The van der Waals surface area contributed by atoms with Crippen molar-refractivity contribution in [2.75, 3.05) is 11.9 Å². The van der Waals surface area contributed by atoms with Crippen LogP contribution in [-0.2, 0) is 0 Å². The maximum Gasteiger partial charge on any atom is 0.250 e. The lowest BCUT2D eigenvalue weighted by atomic mass is 10.0. The molecule has 1 aromatic rings. The van der Waals surface area contributed by atoms with Crippen LogP contribution < -0.4 is 11.1 Å². The van der Waals surface area contributed by atoms with Gasteiger partial charge in [0.15, 0.2) is 0 Å². The molecule has 0 saturated carbocycles. The van der Waals surface area contributed by atoms with Crippen molar-refractivity contribution in [3.8, 4) is 0 Å². The van der Waals surface area contributed by atoms with E-state index in [9.17, 15) is 9.90 Å². The summed E-state index contributed by atoms with van der Waals surface area (Å²) >= 11 is 0. The number of carbonyl (C=O) groups is 1. The maximum atomic E-state index is 10.8. The number of aliphatic hydroxyl groups excluding tert-OH is 1. The molecule has 0 aromatic carbocycles. The van der Waals surface area contributed by atoms with Gasteiger partial charge in [-0.05, 0) is 25.5 Å². The molecule has 0 aliphatic rings. The molecule has 1 unspecified atom stereocenters. The minimum atomic E-state index is -0.500. The van der Waals surface area contributed by atoms with E-state index >= 15 is 0 Å². The number of nitrogens with zero attached hydrogens (tertiary/aromatic N) is 1. The van der Waals surface area contributed by atoms with Crippen LogP contribution in [0.1, 0.15) is 30.6 Å². The first-order chi connectivity index (χ1) is 7.50. The molecule has 16 heavy (non-hydrogen) atoms. The molecule has 88 valence electrons. The van der Waals surface area contributed by atoms with Gasteiger partial charge in [-0.15, -0.1) is 0 Å². The Labute approximate surface area is 94.7 Å². The van der Waals surface area contributed by atoms with E-state index in [0.717, 1.165) is 6.42 Å². The molecule has 0 bridgehead atoms. The van der Waals surface area contributed by atoms with Gasteiger partial charge in [0.05, 0.1) is 17.7 Å². The molecule has 1 heterocycles. The summed E-state index contributed by atoms with van der Waals surface area (Å²) < 4.78 is 0. The average molecular weight is 223 g/mol. The summed E-state index contributed by atoms with van der Waals surface area (Å²) in [5.41, 5.74) is 5.07. The van der Waals surface area contributed by atoms with Crippen molar-refractivity contribution >= 4 is 11.7 Å². The number of nitrogens with one attached hydrogen (secondary N) is 1. The monoisotopic (exact) mass is 223 g/mol. The molecule has 4 N–H and O–H groups in total. The van der Waals surface area contributed by atoms with E-state index in [4.69, 9.17) is 5.73 Å². The van der Waals surface area contributed by atoms with Crippen molar-refractivity contribution in [2.24, 2.45) is 5.73 Å². The second-order valence-electron chi connectivity index (χ2n) is 3.99. The first-order valence-electron chi connectivity index (χ1n) is 5.15. The van der Waals surface area contributed by atoms with Gasteiger partial charge in [0.1, 0.15) is 5.82 Å². The number of rotatable bonds is 5. The predicted molar refractivity (Wildman–Crippen MR) is 62.2 cm³/mol. The van der Waals surface area contributed by atoms with E-state index in [1.165, 1.54) is 6.20 Å². The summed E-state index contributed by atoms with van der Waals surface area (Å²) in [5.74, 6) is 0.114. The molecule has 0 fully saturated rings. The molecule has 0 aliphatic heterocycles. The smallest absolute Gasteiger partial charge is 0.250 e. The number of hydrogen-bond acceptors (Lipinski definition) is 4. The van der Waals surface area contributed by atoms with Gasteiger partial charge in [0, 0.05) is 6.20 Å². The van der Waals surface area contributed by atoms with Crippen molar-refractivity contribution in [1.82, 2.24) is 4.98 Å². The van der Waals surface area contributed by atoms with E-state index in [0.29, 0.717) is 11.4 Å². The number of aliphatic hydroxyl groups is 1. The molecule has 1 amide bonds. The molecular weight excluding hydrogens is 206 g/mol. The van der Waals surface area contributed by atoms with Crippen LogP contribution in [0.2, 0.25) is 0 Å². The molecule has 1 rings (SSSR count). The second-order valence-corrected chi connectivity index (χ2v) is 3.99. The fourth-order valence-corrected chi connectivity index (χ4v) is 1.16. The van der Waals surface area contributed by atoms with Crippen LogP contribution >= 0.6 is 0 Å². The Hall–Kier alpha value is -1.62. The third-order valence-corrected chi connectivity index (χ3v) is 2.61. The number of anilines is 1. The van der Waals surface area contributed by atoms with Gasteiger partial charge in [-0.3, -0.25) is 4.79 Å². The minimum Gasteiger partial charge on any atom is -0.394 e. The zero-order valence-electron chi connectivity index (χ0n) is 9.53. The molecular formula is C11H17N3O2. The number of nitrogens with two attached hydrogens (primary N) is 1. The zero-order chi connectivity index (χ0) is 12.2. The van der Waals surface area contributed by atoms with Gasteiger partial charge < -0.3 is 16.2 Å². The molecule has 0 spiro atoms. The predicted octanol–water partition coefficient (Wildman–Crippen LogP) is 0.753. The van der Waals surface area contributed by atoms with E-state index in [-0.39, 0.29) is 6.61 Å². The fourth-order valence-electron chi connectivity index (χ4n) is 1.16. The molecule has 5 heteroatoms. The van der Waals surface area contributed by atoms with Gasteiger partial charge in [0.25, 0.3) is 0 Å². The number of aromatic nitrogens is 1. The molecule has 5 nitrogen and oxygen atoms in total. The standard InChI is InChI=1S/C11H17N3O2/c1-3-11(2,7-15)14-9-5-4-8(6-13-9)10(12)16/h4-6,15H,3,7H2,1-2H3,(H2,12,16)(H,13,14). The van der Waals surface area contributed by atoms with Crippen molar-refractivity contribution < 1.29 is 9.90 Å². The normalized spacial score (nSPS) is 14.2. The summed E-state index contributed by atoms with van der Waals surface area (Å²) in [6.07, 6.45) is 2.18. The lowest BCUT2D eigenvalue weighted by Gasteiger charge is -2.27. The number of pyridine rings is 1. The largest absolute Gasteiger partial charge is 0.394 e. The Morgan fingerprint density at radius 3 is 2.69 bits per heavy atom. The van der Waals surface area contributed by atoms with Crippen molar-refractivity contribution in [3.05, 3.63) is 23.9 Å². The highest BCUT2D eigenvalue weighted by atomic mass is 16.3. The quantitative estimate of drug-likeness (QED) is 0.687. The Morgan fingerprint density at radius 2 is 2.31 bits per heavy atom. The van der Waals surface area contributed by atoms with E-state index in [1.807, 2.05) is 13.8 Å². The van der Waals surface area contributed by atoms with Crippen LogP contribution in [0, 0.1) is 0 Å². The summed E-state index contributed by atoms with van der Waals surface area (Å²) in [6.45, 7) is 3.89. The van der Waals surface area contributed by atoms with E-state index in [2.05, 4.69) is 10.3 Å². The third-order valence-electron chi connectivity index (χ3n) is 2.61. The number of hydrogen-bond donors (Lipinski definition) is 3. The molecule has 1 aromatic heterocycles. The molecule has 0 radical (unpaired) electrons. The van der Waals surface area contributed by atoms with Gasteiger partial charge in [0.2, 0.25) is 5.91 Å². The summed E-state index contributed by atoms with van der Waals surface area (Å²) in [5, 5.41) is 12.3. The molecule has 1 atom stereocenters. The summed E-state index contributed by atoms with van der Waals surface area (Å²) in [7, 11) is 0. The lowest BCUT2D eigenvalue weighted by Crippen LogP contribution is -2.38. The van der Waals surface area contributed by atoms with Crippen LogP contribution in [0.4, 0.5) is 5.82 Å². The van der Waals surface area contributed by atoms with Crippen LogP contribution in [0.25, 0.3) is 0 Å². The fraction of sp³-hybridized carbons (Fsp3) is 0.455. The first-order valence-corrected chi connectivity index (χ1v) is 5.15. The molecule has 0 aliphatic carbocycles. The molecule has 0 saturated heterocycles. The van der Waals surface area contributed by atoms with Gasteiger partial charge in [-0.25, -0.2) is 4.98 Å². The van der Waals surface area contributed by atoms with Gasteiger partial charge in [-0.1, -0.05) is 6.92 Å². The van der Waals surface area contributed by atoms with Crippen molar-refractivity contribution in [2.45, 2.75) is 25.8 Å². The SMILES string of the molecule is CCC(C)(CO)Nc1ccc(C(N)=O)cn1. The maximum absolute atomic E-state index is 10.8. The van der Waals surface area contributed by atoms with Crippen LogP contribution in [0.15, 0.2) is 18.3 Å². The highest BCUT2D eigenvalue weighted by Gasteiger charge is 2.20. The van der Waals surface area contributed by atoms with E-state index in [1.54, 1.807) is 12.1 Å². The Bertz CT molecular complexity index is 358. The number of carbonyl (C=O) groups excluding carboxylic acids is 1. The zero-order valence-corrected chi connectivity index (χ0v) is 9.53. The Kier molecular flexibility index (Phi) is 3.84. The highest BCUT2D eigenvalue weighted by molar-refractivity contribution is 5.92. The van der Waals surface area contributed by atoms with Crippen LogP contribution in [0.3, 0.4) is 0 Å². The number of amides is 1.